The van der Waals surface area contributed by atoms with Crippen LogP contribution in [0.25, 0.3) is 0 Å². The predicted molar refractivity (Wildman–Crippen MR) is 115 cm³/mol. The highest BCUT2D eigenvalue weighted by atomic mass is 32.2. The molecular formula is C23H23FN2O3S. The Hall–Kier alpha value is -3.19. The molecule has 3 aromatic carbocycles. The average Bonchev–Trinajstić information content (AvgIpc) is 2.78. The van der Waals surface area contributed by atoms with Crippen molar-refractivity contribution in [1.82, 2.24) is 5.32 Å². The smallest absolute Gasteiger partial charge is 0.264 e. The molecule has 0 spiro atoms. The van der Waals surface area contributed by atoms with E-state index in [9.17, 15) is 17.6 Å². The SMILES string of the molecule is CC[C@H](NC(=O)c1cccc(S(=O)(=O)N(C)c2ccc(F)cc2)c1)c1ccccc1. The van der Waals surface area contributed by atoms with Crippen molar-refractivity contribution in [2.45, 2.75) is 24.3 Å². The summed E-state index contributed by atoms with van der Waals surface area (Å²) in [6.07, 6.45) is 0.695. The third kappa shape index (κ3) is 4.68. The topological polar surface area (TPSA) is 66.5 Å². The molecular weight excluding hydrogens is 403 g/mol. The molecule has 30 heavy (non-hydrogen) atoms. The van der Waals surface area contributed by atoms with Crippen LogP contribution in [0.4, 0.5) is 10.1 Å². The van der Waals surface area contributed by atoms with Gasteiger partial charge in [-0.1, -0.05) is 43.3 Å². The van der Waals surface area contributed by atoms with Gasteiger partial charge in [0.1, 0.15) is 5.82 Å². The summed E-state index contributed by atoms with van der Waals surface area (Å²) in [4.78, 5) is 12.8. The number of benzene rings is 3. The van der Waals surface area contributed by atoms with Crippen LogP contribution in [-0.4, -0.2) is 21.4 Å². The van der Waals surface area contributed by atoms with Crippen molar-refractivity contribution in [3.63, 3.8) is 0 Å². The van der Waals surface area contributed by atoms with Gasteiger partial charge < -0.3 is 5.32 Å². The third-order valence-corrected chi connectivity index (χ3v) is 6.64. The summed E-state index contributed by atoms with van der Waals surface area (Å²) < 4.78 is 40.2. The Kier molecular flexibility index (Phi) is 6.52. The van der Waals surface area contributed by atoms with Crippen molar-refractivity contribution >= 4 is 21.6 Å². The van der Waals surface area contributed by atoms with E-state index in [2.05, 4.69) is 5.32 Å². The molecule has 0 aliphatic carbocycles. The molecule has 1 atom stereocenters. The third-order valence-electron chi connectivity index (χ3n) is 4.86. The normalized spacial score (nSPS) is 12.2. The number of carbonyl (C=O) groups excluding carboxylic acids is 1. The fraction of sp³-hybridized carbons (Fsp3) is 0.174. The summed E-state index contributed by atoms with van der Waals surface area (Å²) in [5.74, 6) is -0.806. The molecule has 1 N–H and O–H groups in total. The fourth-order valence-corrected chi connectivity index (χ4v) is 4.34. The molecule has 0 aliphatic heterocycles. The summed E-state index contributed by atoms with van der Waals surface area (Å²) in [6, 6.07) is 20.5. The Morgan fingerprint density at radius 3 is 2.30 bits per heavy atom. The van der Waals surface area contributed by atoms with Crippen LogP contribution in [0.3, 0.4) is 0 Å². The highest BCUT2D eigenvalue weighted by molar-refractivity contribution is 7.92. The predicted octanol–water partition coefficient (Wildman–Crippen LogP) is 4.53. The van der Waals surface area contributed by atoms with Crippen LogP contribution in [0.15, 0.2) is 83.8 Å². The van der Waals surface area contributed by atoms with Crippen LogP contribution >= 0.6 is 0 Å². The number of rotatable bonds is 7. The van der Waals surface area contributed by atoms with E-state index in [1.54, 1.807) is 6.07 Å². The Labute approximate surface area is 176 Å². The molecule has 0 aromatic heterocycles. The standard InChI is InChI=1S/C23H23FN2O3S/c1-3-22(17-8-5-4-6-9-17)25-23(27)18-10-7-11-21(16-18)30(28,29)26(2)20-14-12-19(24)13-15-20/h4-16,22H,3H2,1-2H3,(H,25,27)/t22-/m0/s1. The molecule has 0 saturated carbocycles. The van der Waals surface area contributed by atoms with Gasteiger partial charge in [0, 0.05) is 12.6 Å². The van der Waals surface area contributed by atoms with Gasteiger partial charge in [-0.25, -0.2) is 12.8 Å². The van der Waals surface area contributed by atoms with Gasteiger partial charge >= 0.3 is 0 Å². The molecule has 0 bridgehead atoms. The first-order valence-electron chi connectivity index (χ1n) is 9.53. The molecule has 0 aliphatic rings. The number of hydrogen-bond donors (Lipinski definition) is 1. The van der Waals surface area contributed by atoms with Gasteiger partial charge in [-0.15, -0.1) is 0 Å². The highest BCUT2D eigenvalue weighted by Crippen LogP contribution is 2.23. The van der Waals surface area contributed by atoms with Gasteiger partial charge in [0.25, 0.3) is 15.9 Å². The lowest BCUT2D eigenvalue weighted by molar-refractivity contribution is 0.0935. The maximum atomic E-state index is 13.2. The van der Waals surface area contributed by atoms with Gasteiger partial charge in [0.15, 0.2) is 0 Å². The second-order valence-corrected chi connectivity index (χ2v) is 8.79. The number of nitrogens with one attached hydrogen (secondary N) is 1. The largest absolute Gasteiger partial charge is 0.345 e. The minimum absolute atomic E-state index is 0.0188. The fourth-order valence-electron chi connectivity index (χ4n) is 3.09. The zero-order valence-electron chi connectivity index (χ0n) is 16.7. The van der Waals surface area contributed by atoms with Gasteiger partial charge in [-0.05, 0) is 54.4 Å². The maximum absolute atomic E-state index is 13.2. The first-order valence-corrected chi connectivity index (χ1v) is 11.0. The lowest BCUT2D eigenvalue weighted by atomic mass is 10.0. The Balaban J connectivity index is 1.84. The van der Waals surface area contributed by atoms with Gasteiger partial charge in [0.2, 0.25) is 0 Å². The molecule has 0 unspecified atom stereocenters. The summed E-state index contributed by atoms with van der Waals surface area (Å²) in [5, 5.41) is 2.96. The Bertz CT molecular complexity index is 1120. The van der Waals surface area contributed by atoms with Crippen LogP contribution in [0, 0.1) is 5.82 Å². The van der Waals surface area contributed by atoms with Crippen molar-refractivity contribution < 1.29 is 17.6 Å². The molecule has 3 rings (SSSR count). The average molecular weight is 427 g/mol. The summed E-state index contributed by atoms with van der Waals surface area (Å²) in [6.45, 7) is 1.97. The number of nitrogens with zero attached hydrogens (tertiary/aromatic N) is 1. The van der Waals surface area contributed by atoms with E-state index in [0.29, 0.717) is 12.1 Å². The molecule has 0 fully saturated rings. The molecule has 7 heteroatoms. The molecule has 0 heterocycles. The van der Waals surface area contributed by atoms with E-state index in [4.69, 9.17) is 0 Å². The number of sulfonamides is 1. The van der Waals surface area contributed by atoms with Crippen LogP contribution in [0.1, 0.15) is 35.3 Å². The summed E-state index contributed by atoms with van der Waals surface area (Å²) >= 11 is 0. The van der Waals surface area contributed by atoms with Crippen molar-refractivity contribution in [2.24, 2.45) is 0 Å². The summed E-state index contributed by atoms with van der Waals surface area (Å²) in [7, 11) is -2.53. The minimum atomic E-state index is -3.92. The maximum Gasteiger partial charge on any atom is 0.264 e. The number of hydrogen-bond acceptors (Lipinski definition) is 3. The van der Waals surface area contributed by atoms with E-state index < -0.39 is 15.8 Å². The monoisotopic (exact) mass is 426 g/mol. The summed E-state index contributed by atoms with van der Waals surface area (Å²) in [5.41, 5.74) is 1.55. The van der Waals surface area contributed by atoms with E-state index in [-0.39, 0.29) is 22.4 Å². The Morgan fingerprint density at radius 1 is 1.00 bits per heavy atom. The zero-order valence-corrected chi connectivity index (χ0v) is 17.6. The van der Waals surface area contributed by atoms with Crippen molar-refractivity contribution in [3.8, 4) is 0 Å². The van der Waals surface area contributed by atoms with E-state index in [1.165, 1.54) is 49.5 Å². The number of anilines is 1. The molecule has 1 amide bonds. The second kappa shape index (κ2) is 9.09. The van der Waals surface area contributed by atoms with Gasteiger partial charge in [-0.3, -0.25) is 9.10 Å². The van der Waals surface area contributed by atoms with E-state index in [0.717, 1.165) is 9.87 Å². The van der Waals surface area contributed by atoms with Crippen LogP contribution in [0.5, 0.6) is 0 Å². The molecule has 156 valence electrons. The zero-order chi connectivity index (χ0) is 21.7. The number of amides is 1. The minimum Gasteiger partial charge on any atom is -0.345 e. The second-order valence-electron chi connectivity index (χ2n) is 6.82. The van der Waals surface area contributed by atoms with Gasteiger partial charge in [0.05, 0.1) is 16.6 Å². The highest BCUT2D eigenvalue weighted by Gasteiger charge is 2.23. The lowest BCUT2D eigenvalue weighted by Gasteiger charge is -2.20. The Morgan fingerprint density at radius 2 is 1.67 bits per heavy atom. The van der Waals surface area contributed by atoms with Gasteiger partial charge in [-0.2, -0.15) is 0 Å². The lowest BCUT2D eigenvalue weighted by Crippen LogP contribution is -2.29. The van der Waals surface area contributed by atoms with Crippen LogP contribution in [0.2, 0.25) is 0 Å². The number of carbonyl (C=O) groups is 1. The quantitative estimate of drug-likeness (QED) is 0.604. The van der Waals surface area contributed by atoms with Crippen LogP contribution in [-0.2, 0) is 10.0 Å². The first kappa shape index (κ1) is 21.5. The molecule has 5 nitrogen and oxygen atoms in total. The number of halogens is 1. The molecule has 3 aromatic rings. The van der Waals surface area contributed by atoms with Crippen molar-refractivity contribution in [2.75, 3.05) is 11.4 Å². The molecule has 0 saturated heterocycles. The van der Waals surface area contributed by atoms with Crippen LogP contribution < -0.4 is 9.62 Å². The van der Waals surface area contributed by atoms with Crippen molar-refractivity contribution in [1.29, 1.82) is 0 Å². The van der Waals surface area contributed by atoms with E-state index in [1.807, 2.05) is 37.3 Å². The molecule has 0 radical (unpaired) electrons. The first-order chi connectivity index (χ1) is 14.3. The van der Waals surface area contributed by atoms with Crippen molar-refractivity contribution in [3.05, 3.63) is 95.8 Å². The van der Waals surface area contributed by atoms with E-state index >= 15 is 0 Å².